The number of alkyl halides is 3. The van der Waals surface area contributed by atoms with Crippen molar-refractivity contribution in [3.05, 3.63) is 65.8 Å². The Bertz CT molecular complexity index is 809. The summed E-state index contributed by atoms with van der Waals surface area (Å²) >= 11 is 0. The fourth-order valence-electron chi connectivity index (χ4n) is 2.26. The number of hydrogen-bond donors (Lipinski definition) is 0. The van der Waals surface area contributed by atoms with Crippen LogP contribution in [0.5, 0.6) is 5.75 Å². The lowest BCUT2D eigenvalue weighted by Crippen LogP contribution is -2.16. The van der Waals surface area contributed by atoms with Crippen LogP contribution in [0, 0.1) is 6.92 Å². The van der Waals surface area contributed by atoms with Gasteiger partial charge in [-0.1, -0.05) is 41.6 Å². The quantitative estimate of drug-likeness (QED) is 0.703. The lowest BCUT2D eigenvalue weighted by molar-refractivity contribution is -0.274. The van der Waals surface area contributed by atoms with Crippen molar-refractivity contribution in [3.8, 4) is 16.9 Å². The molecule has 1 aromatic heterocycles. The normalized spacial score (nSPS) is 11.5. The molecule has 0 N–H and O–H groups in total. The molecule has 3 rings (SSSR count). The molecule has 4 nitrogen and oxygen atoms in total. The van der Waals surface area contributed by atoms with Crippen LogP contribution in [0.1, 0.15) is 17.3 Å². The van der Waals surface area contributed by atoms with Crippen LogP contribution in [0.25, 0.3) is 11.1 Å². The van der Waals surface area contributed by atoms with Crippen molar-refractivity contribution >= 4 is 0 Å². The average molecular weight is 334 g/mol. The van der Waals surface area contributed by atoms with E-state index in [-0.39, 0.29) is 5.75 Å². The number of aromatic nitrogens is 2. The molecular weight excluding hydrogens is 321 g/mol. The van der Waals surface area contributed by atoms with Gasteiger partial charge in [-0.15, -0.1) is 13.2 Å². The van der Waals surface area contributed by atoms with Gasteiger partial charge >= 0.3 is 6.36 Å². The largest absolute Gasteiger partial charge is 0.573 e. The van der Waals surface area contributed by atoms with Crippen molar-refractivity contribution in [2.24, 2.45) is 0 Å². The Morgan fingerprint density at radius 2 is 1.54 bits per heavy atom. The van der Waals surface area contributed by atoms with Gasteiger partial charge < -0.3 is 9.26 Å². The monoisotopic (exact) mass is 334 g/mol. The Morgan fingerprint density at radius 3 is 2.04 bits per heavy atom. The molecule has 0 aliphatic rings. The first kappa shape index (κ1) is 16.0. The maximum Gasteiger partial charge on any atom is 0.573 e. The zero-order valence-electron chi connectivity index (χ0n) is 12.7. The molecule has 2 aromatic carbocycles. The molecule has 7 heteroatoms. The van der Waals surface area contributed by atoms with Crippen LogP contribution in [-0.4, -0.2) is 16.5 Å². The number of halogens is 3. The lowest BCUT2D eigenvalue weighted by atomic mass is 10.0. The first-order valence-corrected chi connectivity index (χ1v) is 7.13. The summed E-state index contributed by atoms with van der Waals surface area (Å²) in [6, 6.07) is 13.4. The van der Waals surface area contributed by atoms with E-state index < -0.39 is 6.36 Å². The molecule has 0 fully saturated rings. The van der Waals surface area contributed by atoms with Gasteiger partial charge in [0, 0.05) is 13.3 Å². The maximum atomic E-state index is 12.2. The van der Waals surface area contributed by atoms with Crippen molar-refractivity contribution in [2.45, 2.75) is 19.7 Å². The lowest BCUT2D eigenvalue weighted by Gasteiger charge is -2.09. The van der Waals surface area contributed by atoms with Gasteiger partial charge in [0.15, 0.2) is 5.82 Å². The smallest absolute Gasteiger partial charge is 0.406 e. The third-order valence-corrected chi connectivity index (χ3v) is 3.31. The number of rotatable bonds is 4. The Morgan fingerprint density at radius 1 is 0.958 bits per heavy atom. The number of aryl methyl sites for hydroxylation is 1. The Balaban J connectivity index is 1.71. The highest BCUT2D eigenvalue weighted by molar-refractivity contribution is 5.64. The summed E-state index contributed by atoms with van der Waals surface area (Å²) < 4.78 is 45.2. The van der Waals surface area contributed by atoms with E-state index in [9.17, 15) is 13.2 Å². The molecule has 0 aliphatic heterocycles. The summed E-state index contributed by atoms with van der Waals surface area (Å²) in [5.74, 6) is 0.882. The zero-order valence-corrected chi connectivity index (χ0v) is 12.7. The molecule has 0 saturated carbocycles. The molecule has 0 saturated heterocycles. The highest BCUT2D eigenvalue weighted by atomic mass is 19.4. The van der Waals surface area contributed by atoms with E-state index in [1.807, 2.05) is 24.3 Å². The summed E-state index contributed by atoms with van der Waals surface area (Å²) in [6.45, 7) is 1.73. The molecular formula is C17H13F3N2O2. The van der Waals surface area contributed by atoms with Crippen LogP contribution < -0.4 is 4.74 Å². The zero-order chi connectivity index (χ0) is 17.2. The topological polar surface area (TPSA) is 48.2 Å². The fraction of sp³-hybridized carbons (Fsp3) is 0.176. The fourth-order valence-corrected chi connectivity index (χ4v) is 2.26. The van der Waals surface area contributed by atoms with Gasteiger partial charge in [-0.25, -0.2) is 0 Å². The van der Waals surface area contributed by atoms with E-state index in [1.54, 1.807) is 19.1 Å². The molecule has 0 radical (unpaired) electrons. The van der Waals surface area contributed by atoms with Crippen molar-refractivity contribution in [3.63, 3.8) is 0 Å². The maximum absolute atomic E-state index is 12.2. The third kappa shape index (κ3) is 4.13. The molecule has 3 aromatic rings. The standard InChI is InChI=1S/C17H13F3N2O2/c1-11-21-16(22-24-11)10-12-2-4-13(5-3-12)14-6-8-15(9-7-14)23-17(18,19)20/h2-9H,10H2,1H3. The van der Waals surface area contributed by atoms with Gasteiger partial charge in [0.05, 0.1) is 0 Å². The Hall–Kier alpha value is -2.83. The summed E-state index contributed by atoms with van der Waals surface area (Å²) in [6.07, 6.45) is -4.13. The van der Waals surface area contributed by atoms with Crippen LogP contribution >= 0.6 is 0 Å². The number of hydrogen-bond acceptors (Lipinski definition) is 4. The minimum Gasteiger partial charge on any atom is -0.406 e. The van der Waals surface area contributed by atoms with Crippen molar-refractivity contribution in [1.82, 2.24) is 10.1 Å². The molecule has 0 atom stereocenters. The van der Waals surface area contributed by atoms with Crippen LogP contribution in [0.4, 0.5) is 13.2 Å². The van der Waals surface area contributed by atoms with E-state index in [1.165, 1.54) is 12.1 Å². The molecule has 0 spiro atoms. The van der Waals surface area contributed by atoms with Crippen molar-refractivity contribution in [1.29, 1.82) is 0 Å². The molecule has 0 bridgehead atoms. The van der Waals surface area contributed by atoms with Crippen molar-refractivity contribution in [2.75, 3.05) is 0 Å². The van der Waals surface area contributed by atoms with E-state index in [2.05, 4.69) is 14.9 Å². The van der Waals surface area contributed by atoms with Gasteiger partial charge in [-0.05, 0) is 28.8 Å². The van der Waals surface area contributed by atoms with Gasteiger partial charge in [0.1, 0.15) is 5.75 Å². The van der Waals surface area contributed by atoms with Gasteiger partial charge in [0.25, 0.3) is 0 Å². The molecule has 24 heavy (non-hydrogen) atoms. The summed E-state index contributed by atoms with van der Waals surface area (Å²) in [4.78, 5) is 4.14. The third-order valence-electron chi connectivity index (χ3n) is 3.31. The van der Waals surface area contributed by atoms with E-state index >= 15 is 0 Å². The number of ether oxygens (including phenoxy) is 1. The molecule has 1 heterocycles. The molecule has 0 aliphatic carbocycles. The second kappa shape index (κ2) is 6.35. The van der Waals surface area contributed by atoms with E-state index in [4.69, 9.17) is 4.52 Å². The van der Waals surface area contributed by atoms with E-state index in [0.29, 0.717) is 18.1 Å². The number of nitrogens with zero attached hydrogens (tertiary/aromatic N) is 2. The Kier molecular flexibility index (Phi) is 4.24. The summed E-state index contributed by atoms with van der Waals surface area (Å²) in [5.41, 5.74) is 2.70. The van der Waals surface area contributed by atoms with Crippen LogP contribution in [-0.2, 0) is 6.42 Å². The van der Waals surface area contributed by atoms with Crippen LogP contribution in [0.3, 0.4) is 0 Å². The predicted octanol–water partition coefficient (Wildman–Crippen LogP) is 4.53. The molecule has 124 valence electrons. The summed E-state index contributed by atoms with van der Waals surface area (Å²) in [5, 5.41) is 3.84. The second-order valence-corrected chi connectivity index (χ2v) is 5.18. The highest BCUT2D eigenvalue weighted by Crippen LogP contribution is 2.26. The van der Waals surface area contributed by atoms with Gasteiger partial charge in [-0.2, -0.15) is 4.98 Å². The van der Waals surface area contributed by atoms with Crippen molar-refractivity contribution < 1.29 is 22.4 Å². The van der Waals surface area contributed by atoms with Crippen LogP contribution in [0.15, 0.2) is 53.1 Å². The van der Waals surface area contributed by atoms with E-state index in [0.717, 1.165) is 16.7 Å². The number of benzene rings is 2. The average Bonchev–Trinajstić information content (AvgIpc) is 2.92. The first-order chi connectivity index (χ1) is 11.4. The predicted molar refractivity (Wildman–Crippen MR) is 80.4 cm³/mol. The Labute approximate surface area is 135 Å². The summed E-state index contributed by atoms with van der Waals surface area (Å²) in [7, 11) is 0. The van der Waals surface area contributed by atoms with Gasteiger partial charge in [0.2, 0.25) is 5.89 Å². The van der Waals surface area contributed by atoms with Gasteiger partial charge in [-0.3, -0.25) is 0 Å². The minimum absolute atomic E-state index is 0.240. The molecule has 0 amide bonds. The molecule has 0 unspecified atom stereocenters. The second-order valence-electron chi connectivity index (χ2n) is 5.18. The minimum atomic E-state index is -4.68. The SMILES string of the molecule is Cc1nc(Cc2ccc(-c3ccc(OC(F)(F)F)cc3)cc2)no1. The highest BCUT2D eigenvalue weighted by Gasteiger charge is 2.30. The first-order valence-electron chi connectivity index (χ1n) is 7.13. The van der Waals surface area contributed by atoms with Crippen LogP contribution in [0.2, 0.25) is 0 Å².